The number of nitrogens with one attached hydrogen (secondary N) is 1. The molecule has 0 aromatic carbocycles. The average Bonchev–Trinajstić information content (AvgIpc) is 2.50. The second-order valence-electron chi connectivity index (χ2n) is 2.16. The number of aromatic amines is 1. The zero-order valence-electron chi connectivity index (χ0n) is 5.61. The molecule has 11 heavy (non-hydrogen) atoms. The van der Waals surface area contributed by atoms with Gasteiger partial charge in [-0.3, -0.25) is 9.89 Å². The van der Waals surface area contributed by atoms with Gasteiger partial charge in [-0.2, -0.15) is 5.10 Å². The van der Waals surface area contributed by atoms with E-state index < -0.39 is 0 Å². The molecule has 2 aromatic rings. The first-order valence-corrected chi connectivity index (χ1v) is 3.15. The van der Waals surface area contributed by atoms with E-state index in [4.69, 9.17) is 0 Å². The van der Waals surface area contributed by atoms with E-state index in [0.717, 1.165) is 11.0 Å². The largest absolute Gasteiger partial charge is 0.296 e. The van der Waals surface area contributed by atoms with E-state index in [2.05, 4.69) is 15.2 Å². The molecule has 0 spiro atoms. The fourth-order valence-electron chi connectivity index (χ4n) is 0.912. The van der Waals surface area contributed by atoms with Gasteiger partial charge in [-0.25, -0.2) is 4.98 Å². The van der Waals surface area contributed by atoms with E-state index in [1.54, 1.807) is 18.3 Å². The molecule has 54 valence electrons. The van der Waals surface area contributed by atoms with Crippen LogP contribution in [0.3, 0.4) is 0 Å². The van der Waals surface area contributed by atoms with Crippen LogP contribution in [0.5, 0.6) is 0 Å². The minimum Gasteiger partial charge on any atom is -0.296 e. The Morgan fingerprint density at radius 2 is 2.36 bits per heavy atom. The first kappa shape index (κ1) is 6.03. The molecular weight excluding hydrogens is 142 g/mol. The molecule has 0 amide bonds. The van der Waals surface area contributed by atoms with E-state index in [-0.39, 0.29) is 0 Å². The number of carbonyl (C=O) groups excluding carboxylic acids is 1. The molecule has 2 heterocycles. The maximum atomic E-state index is 10.3. The van der Waals surface area contributed by atoms with Crippen LogP contribution in [0.2, 0.25) is 0 Å². The third-order valence-electron chi connectivity index (χ3n) is 1.44. The summed E-state index contributed by atoms with van der Waals surface area (Å²) in [5.41, 5.74) is 1.99. The molecule has 0 aliphatic rings. The van der Waals surface area contributed by atoms with Gasteiger partial charge in [0.1, 0.15) is 11.2 Å². The standard InChI is InChI=1S/C7H5N3O/c11-4-5-1-2-6-7(9-5)3-8-10-6/h1-4H,(H,8,10). The summed E-state index contributed by atoms with van der Waals surface area (Å²) in [5, 5.41) is 6.52. The summed E-state index contributed by atoms with van der Waals surface area (Å²) < 4.78 is 0. The predicted octanol–water partition coefficient (Wildman–Crippen LogP) is 0.770. The molecule has 4 nitrogen and oxygen atoms in total. The number of pyridine rings is 1. The van der Waals surface area contributed by atoms with Crippen molar-refractivity contribution in [2.45, 2.75) is 0 Å². The lowest BCUT2D eigenvalue weighted by atomic mass is 10.3. The first-order chi connectivity index (χ1) is 5.40. The maximum Gasteiger partial charge on any atom is 0.168 e. The van der Waals surface area contributed by atoms with Crippen molar-refractivity contribution in [3.63, 3.8) is 0 Å². The van der Waals surface area contributed by atoms with Crippen molar-refractivity contribution < 1.29 is 4.79 Å². The number of aldehydes is 1. The van der Waals surface area contributed by atoms with Gasteiger partial charge in [0, 0.05) is 0 Å². The summed E-state index contributed by atoms with van der Waals surface area (Å²) in [6, 6.07) is 3.42. The number of hydrogen-bond donors (Lipinski definition) is 1. The second-order valence-corrected chi connectivity index (χ2v) is 2.16. The molecule has 0 unspecified atom stereocenters. The molecule has 1 N–H and O–H groups in total. The minimum absolute atomic E-state index is 0.430. The highest BCUT2D eigenvalue weighted by Crippen LogP contribution is 2.06. The van der Waals surface area contributed by atoms with Crippen LogP contribution in [0, 0.1) is 0 Å². The number of fused-ring (bicyclic) bond motifs is 1. The quantitative estimate of drug-likeness (QED) is 0.606. The smallest absolute Gasteiger partial charge is 0.168 e. The van der Waals surface area contributed by atoms with E-state index in [1.165, 1.54) is 0 Å². The SMILES string of the molecule is O=Cc1ccc2[nH]ncc2n1. The van der Waals surface area contributed by atoms with Gasteiger partial charge in [0.05, 0.1) is 11.7 Å². The van der Waals surface area contributed by atoms with Crippen molar-refractivity contribution in [2.24, 2.45) is 0 Å². The number of nitrogens with zero attached hydrogens (tertiary/aromatic N) is 2. The van der Waals surface area contributed by atoms with Crippen LogP contribution in [0.1, 0.15) is 10.5 Å². The van der Waals surface area contributed by atoms with Crippen LogP contribution in [-0.4, -0.2) is 21.5 Å². The van der Waals surface area contributed by atoms with E-state index in [1.807, 2.05) is 0 Å². The van der Waals surface area contributed by atoms with Crippen LogP contribution in [-0.2, 0) is 0 Å². The van der Waals surface area contributed by atoms with E-state index in [0.29, 0.717) is 12.0 Å². The van der Waals surface area contributed by atoms with Crippen LogP contribution in [0.4, 0.5) is 0 Å². The number of H-pyrrole nitrogens is 1. The lowest BCUT2D eigenvalue weighted by Gasteiger charge is -1.87. The Labute approximate surface area is 62.3 Å². The maximum absolute atomic E-state index is 10.3. The third kappa shape index (κ3) is 0.881. The first-order valence-electron chi connectivity index (χ1n) is 3.15. The van der Waals surface area contributed by atoms with Crippen molar-refractivity contribution >= 4 is 17.3 Å². The Morgan fingerprint density at radius 1 is 1.45 bits per heavy atom. The minimum atomic E-state index is 0.430. The number of hydrogen-bond acceptors (Lipinski definition) is 3. The highest BCUT2D eigenvalue weighted by Gasteiger charge is 1.96. The fraction of sp³-hybridized carbons (Fsp3) is 0. The molecule has 4 heteroatoms. The van der Waals surface area contributed by atoms with Crippen LogP contribution >= 0.6 is 0 Å². The van der Waals surface area contributed by atoms with Gasteiger partial charge in [0.2, 0.25) is 0 Å². The molecule has 0 bridgehead atoms. The molecule has 0 aliphatic carbocycles. The third-order valence-corrected chi connectivity index (χ3v) is 1.44. The van der Waals surface area contributed by atoms with Gasteiger partial charge in [-0.05, 0) is 12.1 Å². The van der Waals surface area contributed by atoms with E-state index >= 15 is 0 Å². The van der Waals surface area contributed by atoms with Gasteiger partial charge in [-0.15, -0.1) is 0 Å². The summed E-state index contributed by atoms with van der Waals surface area (Å²) in [4.78, 5) is 14.3. The lowest BCUT2D eigenvalue weighted by Crippen LogP contribution is -1.84. The van der Waals surface area contributed by atoms with Crippen LogP contribution in [0.15, 0.2) is 18.3 Å². The Morgan fingerprint density at radius 3 is 3.18 bits per heavy atom. The topological polar surface area (TPSA) is 58.6 Å². The summed E-state index contributed by atoms with van der Waals surface area (Å²) in [5.74, 6) is 0. The molecule has 0 aliphatic heterocycles. The Kier molecular flexibility index (Phi) is 1.18. The summed E-state index contributed by atoms with van der Waals surface area (Å²) in [7, 11) is 0. The number of aromatic nitrogens is 3. The van der Waals surface area contributed by atoms with Crippen LogP contribution in [0.25, 0.3) is 11.0 Å². The van der Waals surface area contributed by atoms with Gasteiger partial charge in [0.15, 0.2) is 6.29 Å². The average molecular weight is 147 g/mol. The van der Waals surface area contributed by atoms with E-state index in [9.17, 15) is 4.79 Å². The summed E-state index contributed by atoms with van der Waals surface area (Å²) in [6.45, 7) is 0. The normalized spacial score (nSPS) is 10.2. The van der Waals surface area contributed by atoms with Gasteiger partial charge in [-0.1, -0.05) is 0 Å². The Balaban J connectivity index is 2.76. The van der Waals surface area contributed by atoms with Crippen molar-refractivity contribution in [2.75, 3.05) is 0 Å². The van der Waals surface area contributed by atoms with Crippen molar-refractivity contribution in [1.29, 1.82) is 0 Å². The van der Waals surface area contributed by atoms with Gasteiger partial charge in [0.25, 0.3) is 0 Å². The molecule has 0 saturated heterocycles. The molecule has 0 radical (unpaired) electrons. The zero-order chi connectivity index (χ0) is 7.68. The Hall–Kier alpha value is -1.71. The molecule has 0 saturated carbocycles. The number of carbonyl (C=O) groups is 1. The highest BCUT2D eigenvalue weighted by molar-refractivity contribution is 5.80. The number of rotatable bonds is 1. The second kappa shape index (κ2) is 2.16. The van der Waals surface area contributed by atoms with Crippen molar-refractivity contribution in [1.82, 2.24) is 15.2 Å². The summed E-state index contributed by atoms with van der Waals surface area (Å²) >= 11 is 0. The molecule has 0 fully saturated rings. The van der Waals surface area contributed by atoms with Gasteiger partial charge >= 0.3 is 0 Å². The van der Waals surface area contributed by atoms with Crippen LogP contribution < -0.4 is 0 Å². The molecule has 2 rings (SSSR count). The molecule has 2 aromatic heterocycles. The monoisotopic (exact) mass is 147 g/mol. The van der Waals surface area contributed by atoms with Gasteiger partial charge < -0.3 is 0 Å². The van der Waals surface area contributed by atoms with Crippen molar-refractivity contribution in [3.05, 3.63) is 24.0 Å². The zero-order valence-corrected chi connectivity index (χ0v) is 5.61. The Bertz CT molecular complexity index is 393. The molecular formula is C7H5N3O. The fourth-order valence-corrected chi connectivity index (χ4v) is 0.912. The highest BCUT2D eigenvalue weighted by atomic mass is 16.1. The predicted molar refractivity (Wildman–Crippen MR) is 39.3 cm³/mol. The summed E-state index contributed by atoms with van der Waals surface area (Å²) in [6.07, 6.45) is 2.30. The molecule has 0 atom stereocenters. The van der Waals surface area contributed by atoms with Crippen molar-refractivity contribution in [3.8, 4) is 0 Å². The lowest BCUT2D eigenvalue weighted by molar-refractivity contribution is 0.111.